The fourth-order valence-corrected chi connectivity index (χ4v) is 2.84. The second-order valence-corrected chi connectivity index (χ2v) is 5.19. The van der Waals surface area contributed by atoms with E-state index in [2.05, 4.69) is 26.2 Å². The molecule has 0 spiro atoms. The van der Waals surface area contributed by atoms with Crippen LogP contribution in [0.4, 0.5) is 0 Å². The normalized spacial score (nSPS) is 10.7. The van der Waals surface area contributed by atoms with Crippen molar-refractivity contribution in [2.24, 2.45) is 0 Å². The molecule has 0 amide bonds. The van der Waals surface area contributed by atoms with Crippen molar-refractivity contribution in [3.8, 4) is 5.69 Å². The highest BCUT2D eigenvalue weighted by Gasteiger charge is 2.19. The van der Waals surface area contributed by atoms with Gasteiger partial charge < -0.3 is 5.11 Å². The van der Waals surface area contributed by atoms with Gasteiger partial charge in [-0.25, -0.2) is 9.48 Å². The van der Waals surface area contributed by atoms with Crippen molar-refractivity contribution in [2.45, 2.75) is 6.92 Å². The standard InChI is InChI=1S/C10H6BrCl2N3O2/c1-4-8(10(17)18)14-15-16(4)9-6(12)2-5(11)3-7(9)13/h2-3H,1H3,(H,17,18). The number of rotatable bonds is 2. The first-order chi connectivity index (χ1) is 8.41. The molecule has 0 bridgehead atoms. The third kappa shape index (κ3) is 2.23. The lowest BCUT2D eigenvalue weighted by molar-refractivity contribution is 0.0689. The molecule has 1 aromatic carbocycles. The maximum atomic E-state index is 10.9. The maximum Gasteiger partial charge on any atom is 0.358 e. The average Bonchev–Trinajstić information content (AvgIpc) is 2.59. The summed E-state index contributed by atoms with van der Waals surface area (Å²) in [7, 11) is 0. The van der Waals surface area contributed by atoms with Crippen molar-refractivity contribution in [1.82, 2.24) is 15.0 Å². The number of benzene rings is 1. The summed E-state index contributed by atoms with van der Waals surface area (Å²) in [6.45, 7) is 1.58. The molecule has 0 atom stereocenters. The third-order valence-electron chi connectivity index (χ3n) is 2.29. The van der Waals surface area contributed by atoms with Crippen molar-refractivity contribution < 1.29 is 9.90 Å². The van der Waals surface area contributed by atoms with E-state index in [4.69, 9.17) is 28.3 Å². The Hall–Kier alpha value is -1.11. The molecule has 18 heavy (non-hydrogen) atoms. The molecule has 2 rings (SSSR count). The molecule has 2 aromatic rings. The molecule has 0 saturated carbocycles. The number of hydrogen-bond donors (Lipinski definition) is 1. The van der Waals surface area contributed by atoms with Crippen molar-refractivity contribution in [3.63, 3.8) is 0 Å². The van der Waals surface area contributed by atoms with Crippen LogP contribution in [-0.2, 0) is 0 Å². The third-order valence-corrected chi connectivity index (χ3v) is 3.32. The van der Waals surface area contributed by atoms with Gasteiger partial charge in [0.05, 0.1) is 15.7 Å². The fourth-order valence-electron chi connectivity index (χ4n) is 1.48. The maximum absolute atomic E-state index is 10.9. The first kappa shape index (κ1) is 13.3. The van der Waals surface area contributed by atoms with Crippen molar-refractivity contribution >= 4 is 45.1 Å². The number of carbonyl (C=O) groups is 1. The van der Waals surface area contributed by atoms with Gasteiger partial charge in [-0.1, -0.05) is 44.3 Å². The lowest BCUT2D eigenvalue weighted by Crippen LogP contribution is -2.04. The number of carboxylic acids is 1. The van der Waals surface area contributed by atoms with Crippen molar-refractivity contribution in [2.75, 3.05) is 0 Å². The van der Waals surface area contributed by atoms with E-state index >= 15 is 0 Å². The van der Waals surface area contributed by atoms with Gasteiger partial charge in [0.1, 0.15) is 5.69 Å². The summed E-state index contributed by atoms with van der Waals surface area (Å²) in [5.74, 6) is -1.15. The topological polar surface area (TPSA) is 68.0 Å². The number of aromatic carboxylic acids is 1. The average molecular weight is 351 g/mol. The predicted molar refractivity (Wildman–Crippen MR) is 70.8 cm³/mol. The van der Waals surface area contributed by atoms with Gasteiger partial charge in [0.15, 0.2) is 5.69 Å². The van der Waals surface area contributed by atoms with Gasteiger partial charge in [-0.2, -0.15) is 0 Å². The minimum absolute atomic E-state index is 0.134. The number of halogens is 3. The minimum atomic E-state index is -1.15. The molecular formula is C10H6BrCl2N3O2. The zero-order chi connectivity index (χ0) is 13.4. The highest BCUT2D eigenvalue weighted by Crippen LogP contribution is 2.32. The minimum Gasteiger partial charge on any atom is -0.476 e. The van der Waals surface area contributed by atoms with E-state index in [0.29, 0.717) is 21.4 Å². The highest BCUT2D eigenvalue weighted by molar-refractivity contribution is 9.10. The van der Waals surface area contributed by atoms with Gasteiger partial charge in [0.25, 0.3) is 0 Å². The summed E-state index contributed by atoms with van der Waals surface area (Å²) < 4.78 is 2.03. The molecule has 0 radical (unpaired) electrons. The SMILES string of the molecule is Cc1c(C(=O)O)nnn1-c1c(Cl)cc(Br)cc1Cl. The molecule has 1 N–H and O–H groups in total. The summed E-state index contributed by atoms with van der Waals surface area (Å²) in [5, 5.41) is 17.0. The fraction of sp³-hybridized carbons (Fsp3) is 0.100. The molecule has 1 aromatic heterocycles. The smallest absolute Gasteiger partial charge is 0.358 e. The van der Waals surface area contributed by atoms with Gasteiger partial charge in [-0.3, -0.25) is 0 Å². The van der Waals surface area contributed by atoms with E-state index in [-0.39, 0.29) is 5.69 Å². The number of nitrogens with zero attached hydrogens (tertiary/aromatic N) is 3. The van der Waals surface area contributed by atoms with Crippen LogP contribution in [0, 0.1) is 6.92 Å². The lowest BCUT2D eigenvalue weighted by Gasteiger charge is -2.08. The molecule has 0 saturated heterocycles. The summed E-state index contributed by atoms with van der Waals surface area (Å²) in [4.78, 5) is 10.9. The summed E-state index contributed by atoms with van der Waals surface area (Å²) in [6.07, 6.45) is 0. The number of aromatic nitrogens is 3. The van der Waals surface area contributed by atoms with E-state index in [0.717, 1.165) is 4.47 Å². The van der Waals surface area contributed by atoms with Crippen LogP contribution in [0.15, 0.2) is 16.6 Å². The van der Waals surface area contributed by atoms with E-state index < -0.39 is 5.97 Å². The predicted octanol–water partition coefficient (Wildman–Crippen LogP) is 3.34. The van der Waals surface area contributed by atoms with Crippen LogP contribution in [0.5, 0.6) is 0 Å². The van der Waals surface area contributed by atoms with E-state index in [9.17, 15) is 4.79 Å². The quantitative estimate of drug-likeness (QED) is 0.901. The molecule has 5 nitrogen and oxygen atoms in total. The van der Waals surface area contributed by atoms with Crippen LogP contribution in [0.2, 0.25) is 10.0 Å². The van der Waals surface area contributed by atoms with E-state index in [1.807, 2.05) is 0 Å². The number of hydrogen-bond acceptors (Lipinski definition) is 3. The second kappa shape index (κ2) is 4.87. The first-order valence-corrected chi connectivity index (χ1v) is 6.27. The zero-order valence-corrected chi connectivity index (χ0v) is 12.1. The number of carboxylic acid groups (broad SMARTS) is 1. The van der Waals surface area contributed by atoms with Gasteiger partial charge in [0.2, 0.25) is 0 Å². The van der Waals surface area contributed by atoms with Crippen LogP contribution in [0.3, 0.4) is 0 Å². The monoisotopic (exact) mass is 349 g/mol. The van der Waals surface area contributed by atoms with Crippen LogP contribution in [0.25, 0.3) is 5.69 Å². The Kier molecular flexibility index (Phi) is 3.61. The van der Waals surface area contributed by atoms with E-state index in [1.165, 1.54) is 4.68 Å². The summed E-state index contributed by atoms with van der Waals surface area (Å²) in [5.41, 5.74) is 0.623. The molecule has 0 aliphatic rings. The second-order valence-electron chi connectivity index (χ2n) is 3.46. The van der Waals surface area contributed by atoms with Gasteiger partial charge in [-0.15, -0.1) is 5.10 Å². The van der Waals surface area contributed by atoms with Crippen LogP contribution in [0.1, 0.15) is 16.2 Å². The Morgan fingerprint density at radius 1 is 1.39 bits per heavy atom. The Bertz CT molecular complexity index is 619. The Labute approximate surface area is 120 Å². The molecule has 0 unspecified atom stereocenters. The van der Waals surface area contributed by atoms with Crippen LogP contribution < -0.4 is 0 Å². The lowest BCUT2D eigenvalue weighted by atomic mass is 10.3. The van der Waals surface area contributed by atoms with Crippen LogP contribution in [-0.4, -0.2) is 26.1 Å². The molecule has 8 heteroatoms. The largest absolute Gasteiger partial charge is 0.476 e. The molecular weight excluding hydrogens is 345 g/mol. The first-order valence-electron chi connectivity index (χ1n) is 4.72. The highest BCUT2D eigenvalue weighted by atomic mass is 79.9. The molecule has 94 valence electrons. The van der Waals surface area contributed by atoms with Crippen molar-refractivity contribution in [3.05, 3.63) is 38.0 Å². The Morgan fingerprint density at radius 2 is 1.94 bits per heavy atom. The van der Waals surface area contributed by atoms with E-state index in [1.54, 1.807) is 19.1 Å². The molecule has 0 fully saturated rings. The Morgan fingerprint density at radius 3 is 2.39 bits per heavy atom. The zero-order valence-electron chi connectivity index (χ0n) is 8.99. The molecule has 0 aliphatic carbocycles. The van der Waals surface area contributed by atoms with Crippen molar-refractivity contribution in [1.29, 1.82) is 0 Å². The Balaban J connectivity index is 2.67. The summed E-state index contributed by atoms with van der Waals surface area (Å²) >= 11 is 15.4. The molecule has 1 heterocycles. The van der Waals surface area contributed by atoms with Gasteiger partial charge in [-0.05, 0) is 19.1 Å². The van der Waals surface area contributed by atoms with Gasteiger partial charge >= 0.3 is 5.97 Å². The summed E-state index contributed by atoms with van der Waals surface area (Å²) in [6, 6.07) is 3.29. The van der Waals surface area contributed by atoms with Gasteiger partial charge in [0, 0.05) is 4.47 Å². The molecule has 0 aliphatic heterocycles. The van der Waals surface area contributed by atoms with Crippen LogP contribution >= 0.6 is 39.1 Å².